The number of amides is 3. The number of benzene rings is 2. The zero-order chi connectivity index (χ0) is 48.2. The van der Waals surface area contributed by atoms with Crippen LogP contribution in [-0.4, -0.2) is 111 Å². The third-order valence-corrected chi connectivity index (χ3v) is 16.0. The molecule has 15 nitrogen and oxygen atoms in total. The number of ether oxygens (including phenoxy) is 3. The van der Waals surface area contributed by atoms with Crippen molar-refractivity contribution in [2.45, 2.75) is 141 Å². The number of nitrogens with one attached hydrogen (secondary N) is 2. The first-order chi connectivity index (χ1) is 32.4. The van der Waals surface area contributed by atoms with E-state index in [4.69, 9.17) is 29.2 Å². The lowest BCUT2D eigenvalue weighted by molar-refractivity contribution is -0.135. The Bertz CT molecular complexity index is 2680. The molecule has 5 aromatic rings. The number of likely N-dealkylation sites (tertiary alicyclic amines) is 2. The van der Waals surface area contributed by atoms with Crippen molar-refractivity contribution in [2.75, 3.05) is 33.9 Å². The molecule has 2 aromatic carbocycles. The molecule has 4 aliphatic rings. The van der Waals surface area contributed by atoms with Crippen molar-refractivity contribution in [1.29, 1.82) is 0 Å². The number of H-pyrrole nitrogens is 1. The van der Waals surface area contributed by atoms with Gasteiger partial charge < -0.3 is 34.0 Å². The van der Waals surface area contributed by atoms with Crippen LogP contribution in [0.1, 0.15) is 120 Å². The average molecular weight is 944 g/mol. The van der Waals surface area contributed by atoms with Crippen LogP contribution >= 0.6 is 0 Å². The molecule has 5 atom stereocenters. The SMILES string of the molecule is COC(=O)N[C@H](C(=O)N1CCC[C@H]1c1ncc(-c2ccc(-c3ccc(-c4ccc5nc([C@@H]6CCCN6C(=O)OC(C)(C)C)n(COCC[Si](C)(C)C)c5c4)c4c3C3CCC4N3C)nc2)[nH]1)C(C)C. The van der Waals surface area contributed by atoms with Crippen molar-refractivity contribution < 1.29 is 28.6 Å². The zero-order valence-corrected chi connectivity index (χ0v) is 42.5. The molecule has 4 aliphatic heterocycles. The number of nitrogens with zero attached hydrogens (tertiary/aromatic N) is 7. The van der Waals surface area contributed by atoms with E-state index in [1.165, 1.54) is 23.8 Å². The van der Waals surface area contributed by atoms with Crippen LogP contribution in [0.3, 0.4) is 0 Å². The van der Waals surface area contributed by atoms with E-state index in [0.29, 0.717) is 38.5 Å². The Morgan fingerprint density at radius 1 is 0.853 bits per heavy atom. The van der Waals surface area contributed by atoms with Gasteiger partial charge in [-0.3, -0.25) is 19.6 Å². The number of carbonyl (C=O) groups is 3. The quantitative estimate of drug-likeness (QED) is 0.0859. The van der Waals surface area contributed by atoms with Gasteiger partial charge in [0.25, 0.3) is 0 Å². The normalized spacial score (nSPS) is 21.0. The topological polar surface area (TPSA) is 160 Å². The van der Waals surface area contributed by atoms with Crippen molar-refractivity contribution in [2.24, 2.45) is 5.92 Å². The van der Waals surface area contributed by atoms with Crippen LogP contribution in [0.5, 0.6) is 0 Å². The lowest BCUT2D eigenvalue weighted by atomic mass is 9.82. The Kier molecular flexibility index (Phi) is 13.1. The van der Waals surface area contributed by atoms with Gasteiger partial charge in [-0.1, -0.05) is 51.7 Å². The highest BCUT2D eigenvalue weighted by molar-refractivity contribution is 6.76. The van der Waals surface area contributed by atoms with Gasteiger partial charge in [-0.15, -0.1) is 0 Å². The third-order valence-electron chi connectivity index (χ3n) is 14.3. The summed E-state index contributed by atoms with van der Waals surface area (Å²) in [5, 5.41) is 2.73. The van der Waals surface area contributed by atoms with E-state index in [2.05, 4.69) is 88.9 Å². The predicted molar refractivity (Wildman–Crippen MR) is 265 cm³/mol. The Balaban J connectivity index is 1.01. The Hall–Kier alpha value is -5.58. The fourth-order valence-corrected chi connectivity index (χ4v) is 11.6. The van der Waals surface area contributed by atoms with Crippen molar-refractivity contribution in [3.63, 3.8) is 0 Å². The second-order valence-corrected chi connectivity index (χ2v) is 27.3. The monoisotopic (exact) mass is 944 g/mol. The number of imidazole rings is 2. The van der Waals surface area contributed by atoms with E-state index in [0.717, 1.165) is 95.3 Å². The number of aromatic nitrogens is 5. The summed E-state index contributed by atoms with van der Waals surface area (Å²) in [5.74, 6) is 1.31. The minimum Gasteiger partial charge on any atom is -0.453 e. The number of pyridine rings is 1. The largest absolute Gasteiger partial charge is 0.453 e. The molecule has 2 N–H and O–H groups in total. The standard InChI is InChI=1S/C52H69N9O6Si/c1-31(2)46(57-50(63)65-7)49(62)59-23-11-13-41(59)47-54-29-38(55-47)33-16-19-36(53-28-33)35-18-17-34(44-39-21-22-40(45(35)44)58(39)6)32-15-20-37-43(27-32)61(30-66-25-26-68(8,9)10)48(56-37)42-14-12-24-60(42)51(64)67-52(3,4)5/h15-20,27-29,31,39-42,46H,11-14,21-26,30H2,1-10H3,(H,54,55)(H,57,63)/t39?,40?,41-,42-,46-/m0/s1. The first kappa shape index (κ1) is 47.5. The van der Waals surface area contributed by atoms with Gasteiger partial charge >= 0.3 is 12.2 Å². The summed E-state index contributed by atoms with van der Waals surface area (Å²) >= 11 is 0. The Morgan fingerprint density at radius 2 is 1.54 bits per heavy atom. The highest BCUT2D eigenvalue weighted by atomic mass is 28.3. The summed E-state index contributed by atoms with van der Waals surface area (Å²) in [4.78, 5) is 64.1. The van der Waals surface area contributed by atoms with Gasteiger partial charge in [0, 0.05) is 57.2 Å². The summed E-state index contributed by atoms with van der Waals surface area (Å²) in [6.45, 7) is 18.9. The molecule has 0 spiro atoms. The van der Waals surface area contributed by atoms with Gasteiger partial charge in [0.1, 0.15) is 30.0 Å². The molecule has 3 aromatic heterocycles. The molecule has 3 amide bonds. The molecule has 0 saturated carbocycles. The number of carbonyl (C=O) groups excluding carboxylic acids is 3. The van der Waals surface area contributed by atoms with E-state index in [1.807, 2.05) is 56.8 Å². The van der Waals surface area contributed by atoms with Gasteiger partial charge in [-0.25, -0.2) is 19.6 Å². The number of fused-ring (bicyclic) bond motifs is 6. The molecule has 68 heavy (non-hydrogen) atoms. The van der Waals surface area contributed by atoms with Gasteiger partial charge in [0.2, 0.25) is 5.91 Å². The molecule has 3 fully saturated rings. The number of hydrogen-bond acceptors (Lipinski definition) is 10. The van der Waals surface area contributed by atoms with E-state index in [-0.39, 0.29) is 30.0 Å². The Morgan fingerprint density at radius 3 is 2.22 bits per heavy atom. The fraction of sp³-hybridized carbons (Fsp3) is 0.538. The van der Waals surface area contributed by atoms with E-state index >= 15 is 0 Å². The molecular formula is C52H69N9O6Si. The molecule has 2 unspecified atom stereocenters. The molecule has 9 rings (SSSR count). The summed E-state index contributed by atoms with van der Waals surface area (Å²) in [6, 6.07) is 15.8. The smallest absolute Gasteiger partial charge is 0.410 e. The van der Waals surface area contributed by atoms with Crippen molar-refractivity contribution in [1.82, 2.24) is 44.5 Å². The number of alkyl carbamates (subject to hydrolysis) is 1. The van der Waals surface area contributed by atoms with Crippen molar-refractivity contribution in [3.05, 3.63) is 77.6 Å². The molecule has 0 radical (unpaired) electrons. The maximum absolute atomic E-state index is 13.7. The average Bonchev–Trinajstić information content (AvgIpc) is 4.17. The number of aromatic amines is 1. The molecule has 7 heterocycles. The highest BCUT2D eigenvalue weighted by Crippen LogP contribution is 2.57. The van der Waals surface area contributed by atoms with Crippen LogP contribution < -0.4 is 5.32 Å². The van der Waals surface area contributed by atoms with Crippen LogP contribution in [0.15, 0.2) is 54.9 Å². The number of hydrogen-bond donors (Lipinski definition) is 2. The maximum Gasteiger partial charge on any atom is 0.410 e. The lowest BCUT2D eigenvalue weighted by Crippen LogP contribution is -2.51. The molecule has 16 heteroatoms. The minimum absolute atomic E-state index is 0.112. The van der Waals surface area contributed by atoms with Crippen LogP contribution in [0.25, 0.3) is 44.7 Å². The zero-order valence-electron chi connectivity index (χ0n) is 41.5. The number of rotatable bonds is 13. The molecule has 2 bridgehead atoms. The van der Waals surface area contributed by atoms with E-state index in [1.54, 1.807) is 0 Å². The molecular weight excluding hydrogens is 875 g/mol. The maximum atomic E-state index is 13.7. The first-order valence-electron chi connectivity index (χ1n) is 24.5. The van der Waals surface area contributed by atoms with Gasteiger partial charge in [0.15, 0.2) is 0 Å². The van der Waals surface area contributed by atoms with Gasteiger partial charge in [-0.2, -0.15) is 0 Å². The van der Waals surface area contributed by atoms with Crippen LogP contribution in [0.2, 0.25) is 25.7 Å². The van der Waals surface area contributed by atoms with E-state index in [9.17, 15) is 14.4 Å². The summed E-state index contributed by atoms with van der Waals surface area (Å²) in [5.41, 5.74) is 10.2. The van der Waals surface area contributed by atoms with Crippen LogP contribution in [0, 0.1) is 5.92 Å². The second-order valence-electron chi connectivity index (χ2n) is 21.7. The van der Waals surface area contributed by atoms with Crippen LogP contribution in [-0.2, 0) is 25.7 Å². The fourth-order valence-electron chi connectivity index (χ4n) is 10.8. The number of methoxy groups -OCH3 is 1. The molecule has 0 aliphatic carbocycles. The van der Waals surface area contributed by atoms with Gasteiger partial charge in [-0.05, 0) is 125 Å². The summed E-state index contributed by atoms with van der Waals surface area (Å²) in [6.07, 6.45) is 8.30. The predicted octanol–water partition coefficient (Wildman–Crippen LogP) is 10.4. The summed E-state index contributed by atoms with van der Waals surface area (Å²) in [7, 11) is 2.23. The van der Waals surface area contributed by atoms with E-state index < -0.39 is 25.8 Å². The van der Waals surface area contributed by atoms with Crippen LogP contribution in [0.4, 0.5) is 9.59 Å². The lowest BCUT2D eigenvalue weighted by Gasteiger charge is -2.30. The summed E-state index contributed by atoms with van der Waals surface area (Å²) < 4.78 is 19.3. The molecule has 362 valence electrons. The molecule has 3 saturated heterocycles. The third kappa shape index (κ3) is 9.30. The minimum atomic E-state index is -1.32. The van der Waals surface area contributed by atoms with Crippen molar-refractivity contribution in [3.8, 4) is 33.6 Å². The Labute approximate surface area is 401 Å². The van der Waals surface area contributed by atoms with Crippen molar-refractivity contribution >= 4 is 37.2 Å². The second kappa shape index (κ2) is 18.7. The van der Waals surface area contributed by atoms with Gasteiger partial charge in [0.05, 0.1) is 47.8 Å². The first-order valence-corrected chi connectivity index (χ1v) is 28.2. The highest BCUT2D eigenvalue weighted by Gasteiger charge is 2.45.